The molecule has 0 radical (unpaired) electrons. The molecule has 1 heterocycles. The average Bonchev–Trinajstić information content (AvgIpc) is 2.96. The van der Waals surface area contributed by atoms with E-state index < -0.39 is 0 Å². The van der Waals surface area contributed by atoms with Crippen LogP contribution in [0.1, 0.15) is 19.4 Å². The predicted molar refractivity (Wildman–Crippen MR) is 83.9 cm³/mol. The summed E-state index contributed by atoms with van der Waals surface area (Å²) >= 11 is 0. The summed E-state index contributed by atoms with van der Waals surface area (Å²) in [5.41, 5.74) is 2.93. The Labute approximate surface area is 136 Å². The van der Waals surface area contributed by atoms with Gasteiger partial charge in [-0.15, -0.1) is 0 Å². The number of urea groups is 1. The molecule has 0 fully saturated rings. The minimum atomic E-state index is -0.345. The molecule has 0 saturated carbocycles. The van der Waals surface area contributed by atoms with Crippen molar-refractivity contribution >= 4 is 23.2 Å². The number of carbonyl (C=O) groups excluding carboxylic acids is 1. The lowest BCUT2D eigenvalue weighted by Gasteiger charge is -2.22. The SMILES string of the molecule is CCN(CC)c1ccc(NC(=O)Nc2ccon2)c(C)c1.[Cl-]. The Kier molecular flexibility index (Phi) is 6.72. The standard InChI is InChI=1S/C15H20N4O2.ClH/c1-4-19(5-2)12-6-7-13(11(3)10-12)16-15(20)17-14-8-9-21-18-14;/h6-10H,4-5H2,1-3H3,(H2,16,17,18,20);1H/p-1. The van der Waals surface area contributed by atoms with Gasteiger partial charge in [0.05, 0.1) is 0 Å². The van der Waals surface area contributed by atoms with Crippen molar-refractivity contribution in [2.45, 2.75) is 20.8 Å². The number of anilines is 3. The van der Waals surface area contributed by atoms with Crippen molar-refractivity contribution in [2.24, 2.45) is 0 Å². The molecule has 6 nitrogen and oxygen atoms in total. The highest BCUT2D eigenvalue weighted by molar-refractivity contribution is 5.99. The molecule has 0 bridgehead atoms. The molecule has 0 spiro atoms. The van der Waals surface area contributed by atoms with Crippen LogP contribution in [0.5, 0.6) is 0 Å². The molecule has 0 aliphatic heterocycles. The normalized spacial score (nSPS) is 9.77. The Bertz CT molecular complexity index is 598. The highest BCUT2D eigenvalue weighted by Gasteiger charge is 2.08. The van der Waals surface area contributed by atoms with Gasteiger partial charge in [-0.2, -0.15) is 0 Å². The number of halogens is 1. The molecule has 2 rings (SSSR count). The van der Waals surface area contributed by atoms with Gasteiger partial charge in [0.25, 0.3) is 0 Å². The lowest BCUT2D eigenvalue weighted by atomic mass is 10.1. The third-order valence-corrected chi connectivity index (χ3v) is 3.27. The summed E-state index contributed by atoms with van der Waals surface area (Å²) in [6.45, 7) is 8.12. The Balaban J connectivity index is 0.00000242. The summed E-state index contributed by atoms with van der Waals surface area (Å²) in [5.74, 6) is 0.380. The van der Waals surface area contributed by atoms with Gasteiger partial charge in [0.15, 0.2) is 5.82 Å². The van der Waals surface area contributed by atoms with Crippen molar-refractivity contribution in [3.05, 3.63) is 36.1 Å². The molecule has 0 aliphatic carbocycles. The zero-order valence-electron chi connectivity index (χ0n) is 12.9. The van der Waals surface area contributed by atoms with Crippen molar-refractivity contribution in [3.8, 4) is 0 Å². The van der Waals surface area contributed by atoms with Gasteiger partial charge in [-0.1, -0.05) is 5.16 Å². The molecule has 0 aliphatic rings. The Morgan fingerprint density at radius 3 is 2.50 bits per heavy atom. The third-order valence-electron chi connectivity index (χ3n) is 3.27. The van der Waals surface area contributed by atoms with E-state index in [9.17, 15) is 4.79 Å². The average molecular weight is 324 g/mol. The van der Waals surface area contributed by atoms with Crippen molar-refractivity contribution in [3.63, 3.8) is 0 Å². The second-order valence-corrected chi connectivity index (χ2v) is 4.64. The Hall–Kier alpha value is -2.21. The number of amides is 2. The van der Waals surface area contributed by atoms with E-state index in [1.54, 1.807) is 6.07 Å². The van der Waals surface area contributed by atoms with Crippen LogP contribution in [0.4, 0.5) is 22.0 Å². The summed E-state index contributed by atoms with van der Waals surface area (Å²) in [5, 5.41) is 9.02. The lowest BCUT2D eigenvalue weighted by Crippen LogP contribution is -3.00. The fourth-order valence-electron chi connectivity index (χ4n) is 2.12. The second kappa shape index (κ2) is 8.29. The monoisotopic (exact) mass is 323 g/mol. The summed E-state index contributed by atoms with van der Waals surface area (Å²) in [4.78, 5) is 14.1. The van der Waals surface area contributed by atoms with E-state index in [0.29, 0.717) is 5.82 Å². The molecule has 0 saturated heterocycles. The Morgan fingerprint density at radius 1 is 1.23 bits per heavy atom. The van der Waals surface area contributed by atoms with Gasteiger partial charge in [0.1, 0.15) is 6.26 Å². The van der Waals surface area contributed by atoms with Crippen LogP contribution in [0, 0.1) is 6.92 Å². The second-order valence-electron chi connectivity index (χ2n) is 4.64. The molecule has 7 heteroatoms. The Morgan fingerprint density at radius 2 is 1.95 bits per heavy atom. The maximum Gasteiger partial charge on any atom is 0.324 e. The third kappa shape index (κ3) is 4.39. The van der Waals surface area contributed by atoms with Crippen LogP contribution >= 0.6 is 0 Å². The van der Waals surface area contributed by atoms with E-state index in [1.807, 2.05) is 19.1 Å². The van der Waals surface area contributed by atoms with E-state index in [0.717, 1.165) is 30.0 Å². The van der Waals surface area contributed by atoms with Crippen molar-refractivity contribution in [1.82, 2.24) is 5.16 Å². The van der Waals surface area contributed by atoms with Crippen LogP contribution in [0.15, 0.2) is 35.1 Å². The molecule has 22 heavy (non-hydrogen) atoms. The van der Waals surface area contributed by atoms with E-state index >= 15 is 0 Å². The van der Waals surface area contributed by atoms with E-state index in [4.69, 9.17) is 0 Å². The molecule has 2 amide bonds. The topological polar surface area (TPSA) is 70.4 Å². The summed E-state index contributed by atoms with van der Waals surface area (Å²) in [6, 6.07) is 7.22. The molecule has 0 unspecified atom stereocenters. The van der Waals surface area contributed by atoms with Crippen molar-refractivity contribution < 1.29 is 21.7 Å². The number of aryl methyl sites for hydroxylation is 1. The van der Waals surface area contributed by atoms with Crippen molar-refractivity contribution in [2.75, 3.05) is 28.6 Å². The van der Waals surface area contributed by atoms with Crippen LogP contribution in [0.25, 0.3) is 0 Å². The fourth-order valence-corrected chi connectivity index (χ4v) is 2.12. The number of carbonyl (C=O) groups is 1. The van der Waals surface area contributed by atoms with Crippen LogP contribution in [-0.2, 0) is 0 Å². The van der Waals surface area contributed by atoms with E-state index in [-0.39, 0.29) is 18.4 Å². The maximum absolute atomic E-state index is 11.8. The van der Waals surface area contributed by atoms with Crippen LogP contribution < -0.4 is 27.9 Å². The van der Waals surface area contributed by atoms with Crippen LogP contribution in [0.2, 0.25) is 0 Å². The molecule has 0 atom stereocenters. The zero-order valence-corrected chi connectivity index (χ0v) is 13.6. The molecule has 2 N–H and O–H groups in total. The van der Waals surface area contributed by atoms with Crippen molar-refractivity contribution in [1.29, 1.82) is 0 Å². The number of rotatable bonds is 5. The number of aromatic nitrogens is 1. The lowest BCUT2D eigenvalue weighted by molar-refractivity contribution is -0.00000768. The first-order valence-corrected chi connectivity index (χ1v) is 6.98. The van der Waals surface area contributed by atoms with Gasteiger partial charge in [0.2, 0.25) is 0 Å². The first-order chi connectivity index (χ1) is 10.1. The van der Waals surface area contributed by atoms with Crippen LogP contribution in [0.3, 0.4) is 0 Å². The molecule has 1 aromatic carbocycles. The molecule has 2 aromatic rings. The first kappa shape index (κ1) is 17.8. The zero-order chi connectivity index (χ0) is 15.2. The minimum Gasteiger partial charge on any atom is -1.00 e. The predicted octanol–water partition coefficient (Wildman–Crippen LogP) is 0.477. The van der Waals surface area contributed by atoms with Gasteiger partial charge in [-0.3, -0.25) is 5.32 Å². The quantitative estimate of drug-likeness (QED) is 0.839. The number of nitrogens with one attached hydrogen (secondary N) is 2. The molecular weight excluding hydrogens is 304 g/mol. The highest BCUT2D eigenvalue weighted by Crippen LogP contribution is 2.22. The number of hydrogen-bond acceptors (Lipinski definition) is 4. The van der Waals surface area contributed by atoms with Gasteiger partial charge in [0, 0.05) is 30.5 Å². The van der Waals surface area contributed by atoms with E-state index in [1.165, 1.54) is 6.26 Å². The molecular formula is C15H20ClN4O2-. The minimum absolute atomic E-state index is 0. The van der Waals surface area contributed by atoms with E-state index in [2.05, 4.69) is 45.1 Å². The number of hydrogen-bond donors (Lipinski definition) is 2. The summed E-state index contributed by atoms with van der Waals surface area (Å²) in [7, 11) is 0. The maximum atomic E-state index is 11.8. The number of nitrogens with zero attached hydrogens (tertiary/aromatic N) is 2. The largest absolute Gasteiger partial charge is 1.00 e. The number of benzene rings is 1. The smallest absolute Gasteiger partial charge is 0.324 e. The van der Waals surface area contributed by atoms with Gasteiger partial charge in [-0.25, -0.2) is 4.79 Å². The fraction of sp³-hybridized carbons (Fsp3) is 0.333. The highest BCUT2D eigenvalue weighted by atomic mass is 35.5. The summed E-state index contributed by atoms with van der Waals surface area (Å²) in [6.07, 6.45) is 1.40. The summed E-state index contributed by atoms with van der Waals surface area (Å²) < 4.78 is 4.66. The first-order valence-electron chi connectivity index (χ1n) is 6.98. The van der Waals surface area contributed by atoms with Gasteiger partial charge >= 0.3 is 6.03 Å². The van der Waals surface area contributed by atoms with Crippen LogP contribution in [-0.4, -0.2) is 24.3 Å². The van der Waals surface area contributed by atoms with Gasteiger partial charge in [-0.05, 0) is 44.5 Å². The molecule has 1 aromatic heterocycles. The van der Waals surface area contributed by atoms with Gasteiger partial charge < -0.3 is 27.1 Å². The molecule has 120 valence electrons.